The lowest BCUT2D eigenvalue weighted by Gasteiger charge is -2.29. The number of nitrogens with one attached hydrogen (secondary N) is 1. The largest absolute Gasteiger partial charge is 0.495 e. The molecule has 9 heteroatoms. The van der Waals surface area contributed by atoms with Gasteiger partial charge in [-0.15, -0.1) is 0 Å². The van der Waals surface area contributed by atoms with E-state index in [-0.39, 0.29) is 17.8 Å². The predicted octanol–water partition coefficient (Wildman–Crippen LogP) is 5.03. The molecule has 0 unspecified atom stereocenters. The minimum Gasteiger partial charge on any atom is -0.495 e. The summed E-state index contributed by atoms with van der Waals surface area (Å²) in [6, 6.07) is 12.5. The Bertz CT molecular complexity index is 1220. The van der Waals surface area contributed by atoms with Gasteiger partial charge >= 0.3 is 0 Å². The number of nitrogens with zero attached hydrogens (tertiary/aromatic N) is 4. The highest BCUT2D eigenvalue weighted by molar-refractivity contribution is 7.80. The first kappa shape index (κ1) is 23.7. The molecule has 8 nitrogen and oxygen atoms in total. The van der Waals surface area contributed by atoms with Gasteiger partial charge < -0.3 is 19.5 Å². The summed E-state index contributed by atoms with van der Waals surface area (Å²) >= 11 is 5.76. The summed E-state index contributed by atoms with van der Waals surface area (Å²) in [6.45, 7) is 9.17. The molecule has 3 heterocycles. The van der Waals surface area contributed by atoms with Crippen LogP contribution in [0.5, 0.6) is 5.75 Å². The molecule has 0 radical (unpaired) electrons. The number of nitro groups is 1. The molecule has 1 N–H and O–H groups in total. The summed E-state index contributed by atoms with van der Waals surface area (Å²) < 4.78 is 7.58. The van der Waals surface area contributed by atoms with Crippen LogP contribution in [0.25, 0.3) is 5.69 Å². The van der Waals surface area contributed by atoms with Gasteiger partial charge in [0.1, 0.15) is 5.75 Å². The van der Waals surface area contributed by atoms with Crippen molar-refractivity contribution in [1.82, 2.24) is 19.8 Å². The van der Waals surface area contributed by atoms with E-state index in [1.165, 1.54) is 6.07 Å². The molecule has 34 heavy (non-hydrogen) atoms. The van der Waals surface area contributed by atoms with Crippen LogP contribution in [-0.2, 0) is 0 Å². The minimum atomic E-state index is -0.390. The van der Waals surface area contributed by atoms with Crippen molar-refractivity contribution >= 4 is 23.0 Å². The second-order valence-corrected chi connectivity index (χ2v) is 9.33. The third-order valence-electron chi connectivity index (χ3n) is 6.16. The van der Waals surface area contributed by atoms with E-state index >= 15 is 0 Å². The summed E-state index contributed by atoms with van der Waals surface area (Å²) in [6.07, 6.45) is 1.79. The predicted molar refractivity (Wildman–Crippen MR) is 135 cm³/mol. The Morgan fingerprint density at radius 3 is 2.62 bits per heavy atom. The number of aryl methyl sites for hydroxylation is 1. The van der Waals surface area contributed by atoms with Gasteiger partial charge in [0.2, 0.25) is 0 Å². The van der Waals surface area contributed by atoms with Gasteiger partial charge in [-0.25, -0.2) is 0 Å². The lowest BCUT2D eigenvalue weighted by atomic mass is 9.96. The van der Waals surface area contributed by atoms with E-state index < -0.39 is 4.92 Å². The van der Waals surface area contributed by atoms with Crippen molar-refractivity contribution in [3.8, 4) is 11.4 Å². The van der Waals surface area contributed by atoms with Crippen molar-refractivity contribution in [2.45, 2.75) is 39.8 Å². The number of benzene rings is 1. The molecular formula is C25H29N5O3S. The lowest BCUT2D eigenvalue weighted by molar-refractivity contribution is -0.384. The molecule has 0 aliphatic carbocycles. The van der Waals surface area contributed by atoms with Crippen LogP contribution in [0.2, 0.25) is 0 Å². The summed E-state index contributed by atoms with van der Waals surface area (Å²) in [5.74, 6) is 0.976. The zero-order chi connectivity index (χ0) is 24.6. The van der Waals surface area contributed by atoms with Gasteiger partial charge in [-0.2, -0.15) is 0 Å². The average molecular weight is 480 g/mol. The number of rotatable bonds is 7. The molecule has 0 saturated carbocycles. The van der Waals surface area contributed by atoms with E-state index in [0.29, 0.717) is 22.5 Å². The number of hydrogen-bond acceptors (Lipinski definition) is 5. The van der Waals surface area contributed by atoms with Crippen LogP contribution in [0.15, 0.2) is 48.7 Å². The Labute approximate surface area is 204 Å². The second kappa shape index (κ2) is 9.42. The van der Waals surface area contributed by atoms with Crippen LogP contribution in [0, 0.1) is 29.9 Å². The maximum absolute atomic E-state index is 11.5. The molecule has 4 rings (SSSR count). The third-order valence-corrected chi connectivity index (χ3v) is 6.52. The van der Waals surface area contributed by atoms with Gasteiger partial charge in [0, 0.05) is 36.3 Å². The average Bonchev–Trinajstić information content (AvgIpc) is 3.28. The quantitative estimate of drug-likeness (QED) is 0.289. The van der Waals surface area contributed by atoms with Crippen LogP contribution < -0.4 is 10.1 Å². The fourth-order valence-electron chi connectivity index (χ4n) is 4.76. The third kappa shape index (κ3) is 4.23. The smallest absolute Gasteiger partial charge is 0.271 e. The highest BCUT2D eigenvalue weighted by Gasteiger charge is 2.41. The SMILES string of the molecule is COc1ccc([N+](=O)[O-])cc1-n1c(C)cc([C@@H]2[C@H](c3ccccn3)NC(=S)N2CC(C)C)c1C. The Kier molecular flexibility index (Phi) is 6.56. The standard InChI is InChI=1S/C25H29N5O3S/c1-15(2)14-28-24(23(27-25(28)34)20-8-6-7-11-26-20)19-12-16(3)29(17(19)4)21-13-18(30(31)32)9-10-22(21)33-5/h6-13,15,23-24H,14H2,1-5H3,(H,27,34)/t23-,24+/m0/s1. The van der Waals surface area contributed by atoms with E-state index in [4.69, 9.17) is 17.0 Å². The number of pyridine rings is 1. The summed E-state index contributed by atoms with van der Waals surface area (Å²) in [7, 11) is 1.57. The molecule has 0 amide bonds. The molecule has 2 aromatic heterocycles. The van der Waals surface area contributed by atoms with E-state index in [1.54, 1.807) is 25.4 Å². The van der Waals surface area contributed by atoms with Crippen molar-refractivity contribution in [2.24, 2.45) is 5.92 Å². The van der Waals surface area contributed by atoms with E-state index in [0.717, 1.165) is 29.2 Å². The molecule has 178 valence electrons. The van der Waals surface area contributed by atoms with Gasteiger partial charge in [0.15, 0.2) is 5.11 Å². The molecule has 1 saturated heterocycles. The molecule has 3 aromatic rings. The van der Waals surface area contributed by atoms with Crippen LogP contribution >= 0.6 is 12.2 Å². The lowest BCUT2D eigenvalue weighted by Crippen LogP contribution is -2.33. The van der Waals surface area contributed by atoms with Gasteiger partial charge in [0.25, 0.3) is 5.69 Å². The molecular weight excluding hydrogens is 450 g/mol. The van der Waals surface area contributed by atoms with Gasteiger partial charge in [-0.1, -0.05) is 19.9 Å². The van der Waals surface area contributed by atoms with Gasteiger partial charge in [-0.05, 0) is 61.8 Å². The molecule has 0 spiro atoms. The first-order valence-electron chi connectivity index (χ1n) is 11.2. The summed E-state index contributed by atoms with van der Waals surface area (Å²) in [5.41, 5.74) is 4.59. The molecule has 0 bridgehead atoms. The number of thiocarbonyl (C=S) groups is 1. The van der Waals surface area contributed by atoms with Crippen molar-refractivity contribution in [1.29, 1.82) is 0 Å². The first-order valence-corrected chi connectivity index (χ1v) is 11.6. The number of aromatic nitrogens is 2. The van der Waals surface area contributed by atoms with Crippen LogP contribution in [0.3, 0.4) is 0 Å². The van der Waals surface area contributed by atoms with Crippen LogP contribution in [0.1, 0.15) is 48.6 Å². The number of non-ortho nitro benzene ring substituents is 1. The van der Waals surface area contributed by atoms with Crippen LogP contribution in [-0.4, -0.2) is 38.1 Å². The monoisotopic (exact) mass is 479 g/mol. The maximum Gasteiger partial charge on any atom is 0.271 e. The van der Waals surface area contributed by atoms with Crippen molar-refractivity contribution in [3.05, 3.63) is 81.4 Å². The highest BCUT2D eigenvalue weighted by atomic mass is 32.1. The van der Waals surface area contributed by atoms with E-state index in [9.17, 15) is 10.1 Å². The van der Waals surface area contributed by atoms with Gasteiger partial charge in [0.05, 0.1) is 35.5 Å². The molecule has 1 aromatic carbocycles. The normalized spacial score (nSPS) is 17.8. The van der Waals surface area contributed by atoms with Crippen molar-refractivity contribution < 1.29 is 9.66 Å². The number of methoxy groups -OCH3 is 1. The summed E-state index contributed by atoms with van der Waals surface area (Å²) in [4.78, 5) is 17.9. The number of hydrogen-bond donors (Lipinski definition) is 1. The van der Waals surface area contributed by atoms with E-state index in [2.05, 4.69) is 35.1 Å². The molecule has 2 atom stereocenters. The first-order chi connectivity index (χ1) is 16.2. The fraction of sp³-hybridized carbons (Fsp3) is 0.360. The Morgan fingerprint density at radius 2 is 2.00 bits per heavy atom. The topological polar surface area (TPSA) is 85.5 Å². The van der Waals surface area contributed by atoms with Crippen molar-refractivity contribution in [3.63, 3.8) is 0 Å². The number of ether oxygens (including phenoxy) is 1. The zero-order valence-corrected chi connectivity index (χ0v) is 20.8. The Balaban J connectivity index is 1.88. The minimum absolute atomic E-state index is 0.0151. The second-order valence-electron chi connectivity index (χ2n) is 8.95. The Morgan fingerprint density at radius 1 is 1.24 bits per heavy atom. The van der Waals surface area contributed by atoms with Gasteiger partial charge in [-0.3, -0.25) is 15.1 Å². The summed E-state index contributed by atoms with van der Waals surface area (Å²) in [5, 5.41) is 15.7. The molecule has 1 aliphatic heterocycles. The molecule has 1 fully saturated rings. The van der Waals surface area contributed by atoms with E-state index in [1.807, 2.05) is 36.6 Å². The number of nitro benzene ring substituents is 1. The molecule has 1 aliphatic rings. The van der Waals surface area contributed by atoms with Crippen molar-refractivity contribution in [2.75, 3.05) is 13.7 Å². The zero-order valence-electron chi connectivity index (χ0n) is 20.0. The van der Waals surface area contributed by atoms with Crippen LogP contribution in [0.4, 0.5) is 5.69 Å². The fourth-order valence-corrected chi connectivity index (χ4v) is 5.07. The maximum atomic E-state index is 11.5. The highest BCUT2D eigenvalue weighted by Crippen LogP contribution is 2.42. The Hall–Kier alpha value is -3.46.